The Kier molecular flexibility index (Phi) is 7.07. The Balaban J connectivity index is 1.50. The van der Waals surface area contributed by atoms with Gasteiger partial charge in [0.2, 0.25) is 5.91 Å². The third kappa shape index (κ3) is 5.51. The first-order valence-electron chi connectivity index (χ1n) is 10.1. The molecular formula is C24H26N2O5. The lowest BCUT2D eigenvalue weighted by Gasteiger charge is -2.14. The van der Waals surface area contributed by atoms with E-state index < -0.39 is 18.1 Å². The van der Waals surface area contributed by atoms with Crippen LogP contribution in [-0.4, -0.2) is 42.3 Å². The number of hydrogen-bond donors (Lipinski definition) is 3. The molecule has 2 amide bonds. The monoisotopic (exact) mass is 422 g/mol. The van der Waals surface area contributed by atoms with Gasteiger partial charge in [-0.1, -0.05) is 54.6 Å². The summed E-state index contributed by atoms with van der Waals surface area (Å²) in [6.45, 7) is 3.56. The van der Waals surface area contributed by atoms with Crippen molar-refractivity contribution in [1.29, 1.82) is 0 Å². The summed E-state index contributed by atoms with van der Waals surface area (Å²) in [5.41, 5.74) is 4.98. The predicted molar refractivity (Wildman–Crippen MR) is 117 cm³/mol. The van der Waals surface area contributed by atoms with Crippen LogP contribution in [0, 0.1) is 0 Å². The Morgan fingerprint density at radius 1 is 1.06 bits per heavy atom. The van der Waals surface area contributed by atoms with Gasteiger partial charge in [0.15, 0.2) is 0 Å². The second kappa shape index (κ2) is 9.93. The van der Waals surface area contributed by atoms with Crippen molar-refractivity contribution in [1.82, 2.24) is 10.6 Å². The van der Waals surface area contributed by atoms with Gasteiger partial charge in [0, 0.05) is 24.1 Å². The minimum absolute atomic E-state index is 0.0167. The van der Waals surface area contributed by atoms with Crippen LogP contribution in [0.1, 0.15) is 37.3 Å². The van der Waals surface area contributed by atoms with Gasteiger partial charge in [-0.05, 0) is 36.1 Å². The lowest BCUT2D eigenvalue weighted by Crippen LogP contribution is -2.35. The summed E-state index contributed by atoms with van der Waals surface area (Å²) >= 11 is 0. The molecule has 0 heterocycles. The molecule has 2 aromatic rings. The minimum Gasteiger partial charge on any atom is -0.481 e. The molecule has 0 saturated heterocycles. The van der Waals surface area contributed by atoms with Crippen LogP contribution in [0.25, 0.3) is 11.1 Å². The van der Waals surface area contributed by atoms with Gasteiger partial charge in [-0.15, -0.1) is 0 Å². The number of carboxylic acid groups (broad SMARTS) is 1. The predicted octanol–water partition coefficient (Wildman–Crippen LogP) is 3.45. The third-order valence-electron chi connectivity index (χ3n) is 5.21. The Morgan fingerprint density at radius 3 is 2.23 bits per heavy atom. The van der Waals surface area contributed by atoms with Crippen molar-refractivity contribution < 1.29 is 24.2 Å². The first-order chi connectivity index (χ1) is 14.9. The molecule has 0 bridgehead atoms. The molecule has 2 aromatic carbocycles. The first-order valence-corrected chi connectivity index (χ1v) is 10.1. The van der Waals surface area contributed by atoms with Crippen molar-refractivity contribution in [3.8, 4) is 11.1 Å². The molecule has 0 radical (unpaired) electrons. The van der Waals surface area contributed by atoms with Crippen LogP contribution in [0.5, 0.6) is 0 Å². The largest absolute Gasteiger partial charge is 0.481 e. The maximum atomic E-state index is 12.1. The van der Waals surface area contributed by atoms with Gasteiger partial charge < -0.3 is 20.5 Å². The molecule has 0 spiro atoms. The number of carboxylic acids is 1. The lowest BCUT2D eigenvalue weighted by molar-refractivity contribution is -0.137. The normalized spacial score (nSPS) is 13.7. The zero-order valence-electron chi connectivity index (χ0n) is 17.6. The number of hydrogen-bond acceptors (Lipinski definition) is 4. The molecule has 1 aliphatic rings. The fourth-order valence-corrected chi connectivity index (χ4v) is 3.68. The van der Waals surface area contributed by atoms with Gasteiger partial charge in [-0.25, -0.2) is 4.79 Å². The second-order valence-corrected chi connectivity index (χ2v) is 7.57. The number of carbonyl (C=O) groups is 3. The standard InChI is InChI=1S/C24H26N2O5/c1-15(23(29)26-16(2)13-22(27)28)11-12-25-24(30)31-14-21-19-9-5-3-7-17(19)18-8-4-6-10-20(18)21/h3-11,16,21H,12-14H2,1-2H3,(H,25,30)(H,26,29)(H,27,28)/b15-11+. The molecular weight excluding hydrogens is 396 g/mol. The second-order valence-electron chi connectivity index (χ2n) is 7.57. The zero-order chi connectivity index (χ0) is 22.4. The van der Waals surface area contributed by atoms with Crippen molar-refractivity contribution in [2.75, 3.05) is 13.2 Å². The Bertz CT molecular complexity index is 969. The molecule has 162 valence electrons. The maximum Gasteiger partial charge on any atom is 0.407 e. The SMILES string of the molecule is C/C(=C\CNC(=O)OCC1c2ccccc2-c2ccccc21)C(=O)NC(C)CC(=O)O. The van der Waals surface area contributed by atoms with Crippen LogP contribution < -0.4 is 10.6 Å². The molecule has 0 aliphatic heterocycles. The van der Waals surface area contributed by atoms with Crippen LogP contribution in [0.3, 0.4) is 0 Å². The van der Waals surface area contributed by atoms with E-state index in [9.17, 15) is 14.4 Å². The van der Waals surface area contributed by atoms with Gasteiger partial charge in [0.05, 0.1) is 6.42 Å². The number of alkyl carbamates (subject to hydrolysis) is 1. The summed E-state index contributed by atoms with van der Waals surface area (Å²) in [7, 11) is 0. The molecule has 0 fully saturated rings. The highest BCUT2D eigenvalue weighted by Crippen LogP contribution is 2.44. The molecule has 1 aliphatic carbocycles. The van der Waals surface area contributed by atoms with Gasteiger partial charge >= 0.3 is 12.1 Å². The smallest absolute Gasteiger partial charge is 0.407 e. The van der Waals surface area contributed by atoms with E-state index in [1.807, 2.05) is 24.3 Å². The molecule has 31 heavy (non-hydrogen) atoms. The van der Waals surface area contributed by atoms with Crippen LogP contribution in [0.2, 0.25) is 0 Å². The van der Waals surface area contributed by atoms with E-state index in [-0.39, 0.29) is 31.4 Å². The van der Waals surface area contributed by atoms with Gasteiger partial charge in [-0.3, -0.25) is 9.59 Å². The van der Waals surface area contributed by atoms with Gasteiger partial charge in [0.1, 0.15) is 6.61 Å². The number of aliphatic carboxylic acids is 1. The fourth-order valence-electron chi connectivity index (χ4n) is 3.68. The van der Waals surface area contributed by atoms with Crippen molar-refractivity contribution in [2.45, 2.75) is 32.2 Å². The highest BCUT2D eigenvalue weighted by atomic mass is 16.5. The van der Waals surface area contributed by atoms with Gasteiger partial charge in [-0.2, -0.15) is 0 Å². The molecule has 1 atom stereocenters. The third-order valence-corrected chi connectivity index (χ3v) is 5.21. The molecule has 7 nitrogen and oxygen atoms in total. The van der Waals surface area contributed by atoms with Crippen molar-refractivity contribution >= 4 is 18.0 Å². The quantitative estimate of drug-likeness (QED) is 0.565. The van der Waals surface area contributed by atoms with E-state index in [1.54, 1.807) is 19.9 Å². The summed E-state index contributed by atoms with van der Waals surface area (Å²) in [6.07, 6.45) is 0.840. The number of nitrogens with one attached hydrogen (secondary N) is 2. The molecule has 0 aromatic heterocycles. The fraction of sp³-hybridized carbons (Fsp3) is 0.292. The summed E-state index contributed by atoms with van der Waals surface area (Å²) in [6, 6.07) is 15.7. The van der Waals surface area contributed by atoms with Crippen molar-refractivity contribution in [2.24, 2.45) is 0 Å². The number of ether oxygens (including phenoxy) is 1. The van der Waals surface area contributed by atoms with E-state index in [2.05, 4.69) is 34.9 Å². The summed E-state index contributed by atoms with van der Waals surface area (Å²) in [4.78, 5) is 34.8. The molecule has 1 unspecified atom stereocenters. The lowest BCUT2D eigenvalue weighted by atomic mass is 9.98. The van der Waals surface area contributed by atoms with Crippen LogP contribution in [-0.2, 0) is 14.3 Å². The average Bonchev–Trinajstić information content (AvgIpc) is 3.05. The van der Waals surface area contributed by atoms with E-state index >= 15 is 0 Å². The Morgan fingerprint density at radius 2 is 1.65 bits per heavy atom. The first kappa shape index (κ1) is 22.1. The number of carbonyl (C=O) groups excluding carboxylic acids is 2. The van der Waals surface area contributed by atoms with Crippen LogP contribution in [0.4, 0.5) is 4.79 Å². The molecule has 3 rings (SSSR count). The molecule has 3 N–H and O–H groups in total. The number of amides is 2. The summed E-state index contributed by atoms with van der Waals surface area (Å²) in [5.74, 6) is -1.37. The molecule has 7 heteroatoms. The summed E-state index contributed by atoms with van der Waals surface area (Å²) < 4.78 is 5.45. The number of fused-ring (bicyclic) bond motifs is 3. The average molecular weight is 422 g/mol. The van der Waals surface area contributed by atoms with E-state index in [0.717, 1.165) is 22.3 Å². The van der Waals surface area contributed by atoms with Crippen LogP contribution >= 0.6 is 0 Å². The molecule has 0 saturated carbocycles. The highest BCUT2D eigenvalue weighted by Gasteiger charge is 2.28. The van der Waals surface area contributed by atoms with E-state index in [1.165, 1.54) is 0 Å². The van der Waals surface area contributed by atoms with Gasteiger partial charge in [0.25, 0.3) is 0 Å². The maximum absolute atomic E-state index is 12.1. The zero-order valence-corrected chi connectivity index (χ0v) is 17.6. The minimum atomic E-state index is -0.980. The number of benzene rings is 2. The highest BCUT2D eigenvalue weighted by molar-refractivity contribution is 5.93. The van der Waals surface area contributed by atoms with E-state index in [0.29, 0.717) is 5.57 Å². The van der Waals surface area contributed by atoms with Crippen molar-refractivity contribution in [3.05, 3.63) is 71.3 Å². The number of rotatable bonds is 8. The summed E-state index contributed by atoms with van der Waals surface area (Å²) in [5, 5.41) is 14.0. The van der Waals surface area contributed by atoms with E-state index in [4.69, 9.17) is 9.84 Å². The Labute approximate surface area is 181 Å². The van der Waals surface area contributed by atoms with Crippen LogP contribution in [0.15, 0.2) is 60.2 Å². The van der Waals surface area contributed by atoms with Crippen molar-refractivity contribution in [3.63, 3.8) is 0 Å². The topological polar surface area (TPSA) is 105 Å². The Hall–Kier alpha value is -3.61.